The molecule has 2 heterocycles. The summed E-state index contributed by atoms with van der Waals surface area (Å²) in [6, 6.07) is 10.6. The van der Waals surface area contributed by atoms with Crippen molar-refractivity contribution in [1.82, 2.24) is 4.98 Å². The van der Waals surface area contributed by atoms with E-state index in [-0.39, 0.29) is 0 Å². The number of fused-ring (bicyclic) bond motifs is 2. The van der Waals surface area contributed by atoms with Gasteiger partial charge in [-0.3, -0.25) is 0 Å². The monoisotopic (exact) mass is 340 g/mol. The third kappa shape index (κ3) is 2.59. The van der Waals surface area contributed by atoms with Gasteiger partial charge in [0.15, 0.2) is 16.6 Å². The topological polar surface area (TPSA) is 34.6 Å². The van der Waals surface area contributed by atoms with Crippen LogP contribution in [0.2, 0.25) is 0 Å². The maximum absolute atomic E-state index is 5.45. The molecule has 0 saturated heterocycles. The maximum Gasteiger partial charge on any atom is 0.186 e. The number of nitrogens with zero attached hydrogens (tertiary/aromatic N) is 2. The summed E-state index contributed by atoms with van der Waals surface area (Å²) in [6.07, 6.45) is 0.991. The van der Waals surface area contributed by atoms with Crippen molar-refractivity contribution in [2.75, 3.05) is 25.7 Å². The molecule has 124 valence electrons. The second-order valence-corrected chi connectivity index (χ2v) is 7.12. The minimum atomic E-state index is 0.790. The minimum absolute atomic E-state index is 0.790. The Morgan fingerprint density at radius 3 is 2.54 bits per heavy atom. The minimum Gasteiger partial charge on any atom is -0.493 e. The Balaban J connectivity index is 1.67. The Kier molecular flexibility index (Phi) is 3.81. The Bertz CT molecular complexity index is 904. The fourth-order valence-corrected chi connectivity index (χ4v) is 4.29. The normalized spacial score (nSPS) is 13.9. The molecule has 1 aliphatic heterocycles. The van der Waals surface area contributed by atoms with E-state index in [4.69, 9.17) is 14.5 Å². The quantitative estimate of drug-likeness (QED) is 0.716. The average Bonchev–Trinajstić information content (AvgIpc) is 3.03. The number of aromatic nitrogens is 1. The molecule has 1 aliphatic rings. The molecule has 0 unspecified atom stereocenters. The molecule has 0 saturated carbocycles. The molecule has 5 heteroatoms. The Morgan fingerprint density at radius 2 is 1.79 bits per heavy atom. The highest BCUT2D eigenvalue weighted by atomic mass is 32.1. The van der Waals surface area contributed by atoms with Gasteiger partial charge in [-0.2, -0.15) is 0 Å². The van der Waals surface area contributed by atoms with E-state index in [1.54, 1.807) is 25.6 Å². The maximum atomic E-state index is 5.45. The molecule has 4 nitrogen and oxygen atoms in total. The van der Waals surface area contributed by atoms with E-state index >= 15 is 0 Å². The van der Waals surface area contributed by atoms with Crippen LogP contribution < -0.4 is 14.4 Å². The molecule has 0 atom stereocenters. The number of benzene rings is 2. The Hall–Kier alpha value is -2.27. The van der Waals surface area contributed by atoms with Gasteiger partial charge >= 0.3 is 0 Å². The zero-order chi connectivity index (χ0) is 16.7. The van der Waals surface area contributed by atoms with Crippen LogP contribution in [-0.4, -0.2) is 25.7 Å². The molecule has 0 bridgehead atoms. The van der Waals surface area contributed by atoms with Gasteiger partial charge in [0, 0.05) is 13.1 Å². The van der Waals surface area contributed by atoms with Gasteiger partial charge in [-0.1, -0.05) is 17.4 Å². The van der Waals surface area contributed by atoms with Gasteiger partial charge in [0.25, 0.3) is 0 Å². The van der Waals surface area contributed by atoms with E-state index in [9.17, 15) is 0 Å². The van der Waals surface area contributed by atoms with Gasteiger partial charge in [-0.15, -0.1) is 0 Å². The molecule has 4 rings (SSSR count). The smallest absolute Gasteiger partial charge is 0.186 e. The molecule has 1 aromatic heterocycles. The number of aryl methyl sites for hydroxylation is 1. The van der Waals surface area contributed by atoms with Crippen molar-refractivity contribution >= 4 is 26.7 Å². The van der Waals surface area contributed by atoms with Gasteiger partial charge in [0.1, 0.15) is 0 Å². The molecule has 0 fully saturated rings. The van der Waals surface area contributed by atoms with Gasteiger partial charge in [-0.05, 0) is 54.3 Å². The highest BCUT2D eigenvalue weighted by Gasteiger charge is 2.21. The highest BCUT2D eigenvalue weighted by molar-refractivity contribution is 7.22. The molecule has 0 amide bonds. The first-order valence-electron chi connectivity index (χ1n) is 8.04. The summed E-state index contributed by atoms with van der Waals surface area (Å²) in [6.45, 7) is 3.95. The third-order valence-electron chi connectivity index (χ3n) is 4.52. The fourth-order valence-electron chi connectivity index (χ4n) is 3.20. The van der Waals surface area contributed by atoms with E-state index in [0.29, 0.717) is 0 Å². The Labute approximate surface area is 145 Å². The van der Waals surface area contributed by atoms with E-state index in [1.807, 2.05) is 0 Å². The van der Waals surface area contributed by atoms with Crippen LogP contribution in [0.3, 0.4) is 0 Å². The van der Waals surface area contributed by atoms with E-state index in [1.165, 1.54) is 21.4 Å². The summed E-state index contributed by atoms with van der Waals surface area (Å²) < 4.78 is 12.1. The highest BCUT2D eigenvalue weighted by Crippen LogP contribution is 2.36. The largest absolute Gasteiger partial charge is 0.493 e. The van der Waals surface area contributed by atoms with Crippen molar-refractivity contribution in [2.24, 2.45) is 0 Å². The van der Waals surface area contributed by atoms with Crippen LogP contribution in [-0.2, 0) is 13.0 Å². The van der Waals surface area contributed by atoms with Gasteiger partial charge < -0.3 is 14.4 Å². The Morgan fingerprint density at radius 1 is 1.04 bits per heavy atom. The predicted octanol–water partition coefficient (Wildman–Crippen LogP) is 4.18. The predicted molar refractivity (Wildman–Crippen MR) is 98.7 cm³/mol. The summed E-state index contributed by atoms with van der Waals surface area (Å²) in [5.74, 6) is 1.60. The molecular formula is C19H20N2O2S. The van der Waals surface area contributed by atoms with Crippen LogP contribution in [0.5, 0.6) is 11.5 Å². The number of methoxy groups -OCH3 is 2. The lowest BCUT2D eigenvalue weighted by molar-refractivity contribution is 0.353. The third-order valence-corrected chi connectivity index (χ3v) is 5.60. The molecule has 3 aromatic rings. The summed E-state index contributed by atoms with van der Waals surface area (Å²) in [4.78, 5) is 7.17. The first-order valence-corrected chi connectivity index (χ1v) is 8.85. The molecule has 0 spiro atoms. The van der Waals surface area contributed by atoms with E-state index in [2.05, 4.69) is 42.2 Å². The summed E-state index contributed by atoms with van der Waals surface area (Å²) >= 11 is 1.77. The van der Waals surface area contributed by atoms with Crippen LogP contribution in [0.4, 0.5) is 5.13 Å². The van der Waals surface area contributed by atoms with Crippen molar-refractivity contribution < 1.29 is 9.47 Å². The summed E-state index contributed by atoms with van der Waals surface area (Å²) in [5.41, 5.74) is 4.98. The first kappa shape index (κ1) is 15.3. The van der Waals surface area contributed by atoms with Crippen LogP contribution in [0.15, 0.2) is 30.3 Å². The molecular weight excluding hydrogens is 320 g/mol. The average molecular weight is 340 g/mol. The molecule has 0 radical (unpaired) electrons. The number of rotatable bonds is 3. The summed E-state index contributed by atoms with van der Waals surface area (Å²) in [5, 5.41) is 1.09. The van der Waals surface area contributed by atoms with Gasteiger partial charge in [0.05, 0.1) is 24.4 Å². The van der Waals surface area contributed by atoms with Crippen molar-refractivity contribution in [1.29, 1.82) is 0 Å². The fraction of sp³-hybridized carbons (Fsp3) is 0.316. The second kappa shape index (κ2) is 5.98. The standard InChI is InChI=1S/C19H20N2O2S/c1-12-4-5-15-18(8-12)24-19(20-15)21-7-6-13-9-16(22-2)17(23-3)10-14(13)11-21/h4-5,8-10H,6-7,11H2,1-3H3. The number of hydrogen-bond acceptors (Lipinski definition) is 5. The van der Waals surface area contributed by atoms with E-state index in [0.717, 1.165) is 41.7 Å². The zero-order valence-corrected chi connectivity index (χ0v) is 14.9. The lowest BCUT2D eigenvalue weighted by Crippen LogP contribution is -2.30. The van der Waals surface area contributed by atoms with Crippen molar-refractivity contribution in [2.45, 2.75) is 19.9 Å². The van der Waals surface area contributed by atoms with Crippen LogP contribution in [0, 0.1) is 6.92 Å². The molecule has 2 aromatic carbocycles. The van der Waals surface area contributed by atoms with Crippen molar-refractivity contribution in [3.63, 3.8) is 0 Å². The van der Waals surface area contributed by atoms with E-state index < -0.39 is 0 Å². The van der Waals surface area contributed by atoms with Crippen LogP contribution >= 0.6 is 11.3 Å². The van der Waals surface area contributed by atoms with Crippen molar-refractivity contribution in [3.8, 4) is 11.5 Å². The molecule has 24 heavy (non-hydrogen) atoms. The van der Waals surface area contributed by atoms with Gasteiger partial charge in [-0.25, -0.2) is 4.98 Å². The number of anilines is 1. The summed E-state index contributed by atoms with van der Waals surface area (Å²) in [7, 11) is 3.36. The van der Waals surface area contributed by atoms with Gasteiger partial charge in [0.2, 0.25) is 0 Å². The van der Waals surface area contributed by atoms with Crippen LogP contribution in [0.1, 0.15) is 16.7 Å². The SMILES string of the molecule is COc1cc2c(cc1OC)CN(c1nc3ccc(C)cc3s1)CC2. The number of thiazole rings is 1. The lowest BCUT2D eigenvalue weighted by Gasteiger charge is -2.29. The second-order valence-electron chi connectivity index (χ2n) is 6.12. The lowest BCUT2D eigenvalue weighted by atomic mass is 9.99. The molecule has 0 N–H and O–H groups in total. The first-order chi connectivity index (χ1) is 11.7. The number of ether oxygens (including phenoxy) is 2. The number of hydrogen-bond donors (Lipinski definition) is 0. The zero-order valence-electron chi connectivity index (χ0n) is 14.1. The molecule has 0 aliphatic carbocycles. The van der Waals surface area contributed by atoms with Crippen molar-refractivity contribution in [3.05, 3.63) is 47.0 Å². The van der Waals surface area contributed by atoms with Crippen LogP contribution in [0.25, 0.3) is 10.2 Å².